The average molecular weight is 287 g/mol. The van der Waals surface area contributed by atoms with Gasteiger partial charge in [0.15, 0.2) is 0 Å². The summed E-state index contributed by atoms with van der Waals surface area (Å²) in [5.74, 6) is -0.296. The van der Waals surface area contributed by atoms with Gasteiger partial charge in [-0.3, -0.25) is 9.59 Å². The Kier molecular flexibility index (Phi) is 4.98. The molecule has 2 amide bonds. The number of rotatable bonds is 6. The van der Waals surface area contributed by atoms with Crippen molar-refractivity contribution in [3.63, 3.8) is 0 Å². The predicted molar refractivity (Wildman–Crippen MR) is 83.1 cm³/mol. The van der Waals surface area contributed by atoms with Gasteiger partial charge >= 0.3 is 0 Å². The first-order chi connectivity index (χ1) is 10.1. The highest BCUT2D eigenvalue weighted by Gasteiger charge is 2.12. The first kappa shape index (κ1) is 15.1. The van der Waals surface area contributed by atoms with Gasteiger partial charge in [0.05, 0.1) is 13.0 Å². The van der Waals surface area contributed by atoms with E-state index in [0.29, 0.717) is 6.54 Å². The Morgan fingerprint density at radius 1 is 1.14 bits per heavy atom. The van der Waals surface area contributed by atoms with Gasteiger partial charge in [0.1, 0.15) is 0 Å². The van der Waals surface area contributed by atoms with Crippen molar-refractivity contribution in [2.24, 2.45) is 0 Å². The smallest absolute Gasteiger partial charge is 0.239 e. The van der Waals surface area contributed by atoms with Crippen molar-refractivity contribution < 1.29 is 9.59 Å². The average Bonchev–Trinajstić information content (AvgIpc) is 2.79. The van der Waals surface area contributed by atoms with Crippen molar-refractivity contribution in [3.05, 3.63) is 35.5 Å². The van der Waals surface area contributed by atoms with E-state index in [1.165, 1.54) is 0 Å². The van der Waals surface area contributed by atoms with E-state index in [1.807, 2.05) is 38.1 Å². The molecule has 0 aliphatic rings. The number of aromatic nitrogens is 1. The van der Waals surface area contributed by atoms with E-state index in [4.69, 9.17) is 0 Å². The minimum atomic E-state index is -0.152. The number of aryl methyl sites for hydroxylation is 1. The summed E-state index contributed by atoms with van der Waals surface area (Å²) in [4.78, 5) is 26.7. The molecule has 0 bridgehead atoms. The van der Waals surface area contributed by atoms with Crippen LogP contribution in [0.5, 0.6) is 0 Å². The molecule has 2 rings (SSSR count). The van der Waals surface area contributed by atoms with Gasteiger partial charge in [-0.15, -0.1) is 0 Å². The number of fused-ring (bicyclic) bond motifs is 1. The number of carbonyl (C=O) groups is 2. The summed E-state index contributed by atoms with van der Waals surface area (Å²) in [6.07, 6.45) is 1.16. The first-order valence-electron chi connectivity index (χ1n) is 7.21. The number of benzene rings is 1. The lowest BCUT2D eigenvalue weighted by molar-refractivity contribution is -0.125. The van der Waals surface area contributed by atoms with Gasteiger partial charge in [-0.2, -0.15) is 0 Å². The molecule has 5 heteroatoms. The molecule has 1 heterocycles. The number of H-pyrrole nitrogens is 1. The second-order valence-corrected chi connectivity index (χ2v) is 5.08. The van der Waals surface area contributed by atoms with Gasteiger partial charge in [0.25, 0.3) is 0 Å². The standard InChI is InChI=1S/C16H21N3O2/c1-3-8-17-16(21)10-18-15(20)9-13-11(2)19-14-7-5-4-6-12(13)14/h4-7,19H,3,8-10H2,1-2H3,(H,17,21)(H,18,20). The highest BCUT2D eigenvalue weighted by atomic mass is 16.2. The summed E-state index contributed by atoms with van der Waals surface area (Å²) in [6, 6.07) is 7.90. The third-order valence-corrected chi connectivity index (χ3v) is 3.38. The zero-order valence-electron chi connectivity index (χ0n) is 12.5. The van der Waals surface area contributed by atoms with Crippen LogP contribution in [0.2, 0.25) is 0 Å². The molecule has 0 saturated heterocycles. The second-order valence-electron chi connectivity index (χ2n) is 5.08. The molecular weight excluding hydrogens is 266 g/mol. The van der Waals surface area contributed by atoms with Gasteiger partial charge < -0.3 is 15.6 Å². The Hall–Kier alpha value is -2.30. The van der Waals surface area contributed by atoms with Gasteiger partial charge in [-0.05, 0) is 25.0 Å². The van der Waals surface area contributed by atoms with Crippen LogP contribution < -0.4 is 10.6 Å². The quantitative estimate of drug-likeness (QED) is 0.756. The maximum absolute atomic E-state index is 12.0. The van der Waals surface area contributed by atoms with E-state index < -0.39 is 0 Å². The van der Waals surface area contributed by atoms with Gasteiger partial charge in [0, 0.05) is 23.1 Å². The van der Waals surface area contributed by atoms with E-state index >= 15 is 0 Å². The largest absolute Gasteiger partial charge is 0.358 e. The lowest BCUT2D eigenvalue weighted by atomic mass is 10.1. The van der Waals surface area contributed by atoms with Crippen molar-refractivity contribution in [1.82, 2.24) is 15.6 Å². The number of amides is 2. The molecule has 0 unspecified atom stereocenters. The summed E-state index contributed by atoms with van der Waals surface area (Å²) in [6.45, 7) is 4.60. The molecule has 0 spiro atoms. The Bertz CT molecular complexity index is 646. The Morgan fingerprint density at radius 2 is 1.90 bits per heavy atom. The van der Waals surface area contributed by atoms with E-state index in [9.17, 15) is 9.59 Å². The molecule has 5 nitrogen and oxygen atoms in total. The summed E-state index contributed by atoms with van der Waals surface area (Å²) < 4.78 is 0. The molecule has 0 aliphatic carbocycles. The highest BCUT2D eigenvalue weighted by Crippen LogP contribution is 2.22. The third kappa shape index (κ3) is 3.84. The molecule has 1 aromatic carbocycles. The minimum Gasteiger partial charge on any atom is -0.358 e. The summed E-state index contributed by atoms with van der Waals surface area (Å²) in [5, 5.41) is 6.44. The predicted octanol–water partition coefficient (Wildman–Crippen LogP) is 1.66. The molecule has 21 heavy (non-hydrogen) atoms. The van der Waals surface area contributed by atoms with E-state index in [1.54, 1.807) is 0 Å². The number of carbonyl (C=O) groups excluding carboxylic acids is 2. The van der Waals surface area contributed by atoms with Crippen LogP contribution in [0.1, 0.15) is 24.6 Å². The Labute approximate surface area is 124 Å². The van der Waals surface area contributed by atoms with Crippen LogP contribution in [0.3, 0.4) is 0 Å². The van der Waals surface area contributed by atoms with E-state index in [2.05, 4.69) is 15.6 Å². The summed E-state index contributed by atoms with van der Waals surface area (Å²) in [7, 11) is 0. The van der Waals surface area contributed by atoms with Crippen LogP contribution in [-0.2, 0) is 16.0 Å². The number of para-hydroxylation sites is 1. The summed E-state index contributed by atoms with van der Waals surface area (Å²) >= 11 is 0. The zero-order chi connectivity index (χ0) is 15.2. The molecule has 0 atom stereocenters. The van der Waals surface area contributed by atoms with Crippen molar-refractivity contribution >= 4 is 22.7 Å². The normalized spacial score (nSPS) is 10.6. The molecule has 2 aromatic rings. The summed E-state index contributed by atoms with van der Waals surface area (Å²) in [5.41, 5.74) is 3.00. The fourth-order valence-electron chi connectivity index (χ4n) is 2.29. The fourth-order valence-corrected chi connectivity index (χ4v) is 2.29. The van der Waals surface area contributed by atoms with Crippen LogP contribution in [0, 0.1) is 6.92 Å². The first-order valence-corrected chi connectivity index (χ1v) is 7.21. The fraction of sp³-hybridized carbons (Fsp3) is 0.375. The lowest BCUT2D eigenvalue weighted by Gasteiger charge is -2.06. The third-order valence-electron chi connectivity index (χ3n) is 3.38. The molecule has 3 N–H and O–H groups in total. The maximum Gasteiger partial charge on any atom is 0.239 e. The molecule has 0 saturated carbocycles. The molecular formula is C16H21N3O2. The number of hydrogen-bond acceptors (Lipinski definition) is 2. The molecule has 1 aromatic heterocycles. The SMILES string of the molecule is CCCNC(=O)CNC(=O)Cc1c(C)[nH]c2ccccc12. The van der Waals surface area contributed by atoms with Gasteiger partial charge in [0.2, 0.25) is 11.8 Å². The van der Waals surface area contributed by atoms with Gasteiger partial charge in [-0.1, -0.05) is 25.1 Å². The second kappa shape index (κ2) is 6.92. The molecule has 112 valence electrons. The topological polar surface area (TPSA) is 74.0 Å². The Balaban J connectivity index is 1.95. The minimum absolute atomic E-state index is 0.0280. The maximum atomic E-state index is 12.0. The number of nitrogens with one attached hydrogen (secondary N) is 3. The lowest BCUT2D eigenvalue weighted by Crippen LogP contribution is -2.37. The van der Waals surface area contributed by atoms with E-state index in [0.717, 1.165) is 28.6 Å². The van der Waals surface area contributed by atoms with Crippen molar-refractivity contribution in [1.29, 1.82) is 0 Å². The van der Waals surface area contributed by atoms with Crippen molar-refractivity contribution in [2.45, 2.75) is 26.7 Å². The monoisotopic (exact) mass is 287 g/mol. The van der Waals surface area contributed by atoms with Gasteiger partial charge in [-0.25, -0.2) is 0 Å². The molecule has 0 radical (unpaired) electrons. The van der Waals surface area contributed by atoms with Crippen LogP contribution in [0.25, 0.3) is 10.9 Å². The number of hydrogen-bond donors (Lipinski definition) is 3. The van der Waals surface area contributed by atoms with Crippen LogP contribution >= 0.6 is 0 Å². The zero-order valence-corrected chi connectivity index (χ0v) is 12.5. The molecule has 0 aliphatic heterocycles. The Morgan fingerprint density at radius 3 is 2.67 bits per heavy atom. The highest BCUT2D eigenvalue weighted by molar-refractivity contribution is 5.91. The van der Waals surface area contributed by atoms with Crippen LogP contribution in [0.15, 0.2) is 24.3 Å². The van der Waals surface area contributed by atoms with E-state index in [-0.39, 0.29) is 24.8 Å². The van der Waals surface area contributed by atoms with Crippen LogP contribution in [0.4, 0.5) is 0 Å². The van der Waals surface area contributed by atoms with Crippen molar-refractivity contribution in [3.8, 4) is 0 Å². The van der Waals surface area contributed by atoms with Crippen molar-refractivity contribution in [2.75, 3.05) is 13.1 Å². The molecule has 0 fully saturated rings. The number of aromatic amines is 1. The van der Waals surface area contributed by atoms with Crippen LogP contribution in [-0.4, -0.2) is 29.9 Å².